The van der Waals surface area contributed by atoms with Gasteiger partial charge in [0.25, 0.3) is 23.6 Å². The number of Topliss-reactive ketones (excluding diaryl/α,β-unsaturated/α-hetero) is 2. The molecule has 4 atom stereocenters. The van der Waals surface area contributed by atoms with Gasteiger partial charge in [0.2, 0.25) is 12.1 Å². The predicted octanol–water partition coefficient (Wildman–Crippen LogP) is 12.8. The summed E-state index contributed by atoms with van der Waals surface area (Å²) in [7, 11) is 0. The summed E-state index contributed by atoms with van der Waals surface area (Å²) < 4.78 is 0. The van der Waals surface area contributed by atoms with Gasteiger partial charge in [0.15, 0.2) is 11.6 Å². The van der Waals surface area contributed by atoms with Gasteiger partial charge < -0.3 is 21.3 Å². The number of nitrogens with one attached hydrogen (secondary N) is 4. The van der Waals surface area contributed by atoms with Crippen LogP contribution in [0.3, 0.4) is 0 Å². The van der Waals surface area contributed by atoms with Crippen LogP contribution in [0.4, 0.5) is 34.1 Å². The standard InChI is InChI=1S/C44H36Cl6N8O6/c1-21(45)25-11-5-7-15-31(25)51-41(61)27-13-9-17-33(37(27)49)55-57-39(23(3)59)43(63)53-35-19-30(48)36(20-29(35)47)54-44(64)40(24(4)60)58-56-34-18-10-14-28(38(34)50)42(62)52-32-16-8-6-12-26(32)22(2)46/h5-22,39-40H,1-4H3,(H,51,61)(H,52,62)(H,53,63)(H,54,64). The molecular weight excluding hydrogens is 949 g/mol. The minimum Gasteiger partial charge on any atom is -0.322 e. The van der Waals surface area contributed by atoms with Gasteiger partial charge >= 0.3 is 0 Å². The Morgan fingerprint density at radius 3 is 1.19 bits per heavy atom. The summed E-state index contributed by atoms with van der Waals surface area (Å²) in [6.07, 6.45) is 0. The molecule has 0 radical (unpaired) electrons. The lowest BCUT2D eigenvalue weighted by Gasteiger charge is -2.15. The Labute approximate surface area is 397 Å². The van der Waals surface area contributed by atoms with Crippen LogP contribution in [0.1, 0.15) is 70.3 Å². The van der Waals surface area contributed by atoms with E-state index in [2.05, 4.69) is 41.7 Å². The third kappa shape index (κ3) is 12.3. The van der Waals surface area contributed by atoms with Crippen molar-refractivity contribution in [3.8, 4) is 0 Å². The van der Waals surface area contributed by atoms with E-state index in [0.717, 1.165) is 13.8 Å². The Bertz CT molecular complexity index is 2530. The van der Waals surface area contributed by atoms with Crippen molar-refractivity contribution in [3.63, 3.8) is 0 Å². The van der Waals surface area contributed by atoms with Crippen LogP contribution in [-0.2, 0) is 19.2 Å². The van der Waals surface area contributed by atoms with Crippen LogP contribution in [0.25, 0.3) is 0 Å². The van der Waals surface area contributed by atoms with Crippen molar-refractivity contribution in [2.75, 3.05) is 21.3 Å². The molecule has 0 spiro atoms. The first kappa shape index (κ1) is 49.3. The third-order valence-electron chi connectivity index (χ3n) is 9.12. The highest BCUT2D eigenvalue weighted by Crippen LogP contribution is 2.36. The highest BCUT2D eigenvalue weighted by molar-refractivity contribution is 6.39. The van der Waals surface area contributed by atoms with Crippen molar-refractivity contribution in [1.29, 1.82) is 0 Å². The lowest BCUT2D eigenvalue weighted by Crippen LogP contribution is -2.32. The summed E-state index contributed by atoms with van der Waals surface area (Å²) >= 11 is 38.5. The first-order valence-corrected chi connectivity index (χ1v) is 21.3. The number of nitrogens with zero attached hydrogens (tertiary/aromatic N) is 4. The molecule has 5 aromatic carbocycles. The highest BCUT2D eigenvalue weighted by Gasteiger charge is 2.27. The number of halogens is 6. The van der Waals surface area contributed by atoms with Crippen molar-refractivity contribution in [2.45, 2.75) is 50.5 Å². The van der Waals surface area contributed by atoms with E-state index >= 15 is 0 Å². The molecule has 0 aliphatic carbocycles. The number of anilines is 4. The number of azo groups is 2. The van der Waals surface area contributed by atoms with E-state index in [-0.39, 0.29) is 54.0 Å². The van der Waals surface area contributed by atoms with Crippen LogP contribution in [0, 0.1) is 0 Å². The van der Waals surface area contributed by atoms with Crippen molar-refractivity contribution in [1.82, 2.24) is 0 Å². The number of rotatable bonds is 16. The Morgan fingerprint density at radius 1 is 0.484 bits per heavy atom. The lowest BCUT2D eigenvalue weighted by molar-refractivity contribution is -0.127. The number of benzene rings is 5. The lowest BCUT2D eigenvalue weighted by atomic mass is 10.1. The van der Waals surface area contributed by atoms with Crippen molar-refractivity contribution in [2.24, 2.45) is 20.5 Å². The maximum atomic E-state index is 13.3. The molecule has 4 amide bonds. The molecular formula is C44H36Cl6N8O6. The van der Waals surface area contributed by atoms with Gasteiger partial charge in [-0.1, -0.05) is 94.9 Å². The minimum atomic E-state index is -1.69. The fourth-order valence-electron chi connectivity index (χ4n) is 5.86. The second-order valence-electron chi connectivity index (χ2n) is 13.8. The van der Waals surface area contributed by atoms with Crippen molar-refractivity contribution in [3.05, 3.63) is 139 Å². The zero-order valence-corrected chi connectivity index (χ0v) is 38.6. The first-order valence-electron chi connectivity index (χ1n) is 19.0. The van der Waals surface area contributed by atoms with Crippen LogP contribution >= 0.6 is 69.6 Å². The Hall–Kier alpha value is -5.74. The zero-order chi connectivity index (χ0) is 46.8. The molecule has 0 saturated heterocycles. The number of amides is 4. The second-order valence-corrected chi connectivity index (χ2v) is 16.7. The van der Waals surface area contributed by atoms with Crippen LogP contribution in [0.2, 0.25) is 20.1 Å². The number of ketones is 2. The number of hydrogen-bond donors (Lipinski definition) is 4. The summed E-state index contributed by atoms with van der Waals surface area (Å²) in [4.78, 5) is 78.3. The average molecular weight is 986 g/mol. The van der Waals surface area contributed by atoms with E-state index in [9.17, 15) is 28.8 Å². The number of alkyl halides is 2. The summed E-state index contributed by atoms with van der Waals surface area (Å²) in [5.74, 6) is -4.42. The zero-order valence-electron chi connectivity index (χ0n) is 34.1. The molecule has 20 heteroatoms. The minimum absolute atomic E-state index is 0.00370. The molecule has 64 heavy (non-hydrogen) atoms. The fourth-order valence-corrected chi connectivity index (χ4v) is 7.16. The topological polar surface area (TPSA) is 200 Å². The third-order valence-corrected chi connectivity index (χ3v) is 11.0. The largest absolute Gasteiger partial charge is 0.322 e. The van der Waals surface area contributed by atoms with Gasteiger partial charge in [-0.25, -0.2) is 0 Å². The highest BCUT2D eigenvalue weighted by atomic mass is 35.5. The van der Waals surface area contributed by atoms with Gasteiger partial charge in [-0.2, -0.15) is 20.5 Å². The average Bonchev–Trinajstić information content (AvgIpc) is 3.23. The van der Waals surface area contributed by atoms with Crippen LogP contribution in [0.15, 0.2) is 118 Å². The van der Waals surface area contributed by atoms with Gasteiger partial charge in [0.05, 0.1) is 53.3 Å². The molecule has 14 nitrogen and oxygen atoms in total. The molecule has 0 saturated carbocycles. The first-order chi connectivity index (χ1) is 30.4. The monoisotopic (exact) mass is 982 g/mol. The molecule has 330 valence electrons. The van der Waals surface area contributed by atoms with E-state index in [4.69, 9.17) is 69.6 Å². The van der Waals surface area contributed by atoms with Gasteiger partial charge in [-0.05, 0) is 87.4 Å². The van der Waals surface area contributed by atoms with Gasteiger partial charge in [0.1, 0.15) is 11.4 Å². The number of carbonyl (C=O) groups excluding carboxylic acids is 6. The molecule has 0 bridgehead atoms. The van der Waals surface area contributed by atoms with Crippen molar-refractivity contribution >= 4 is 139 Å². The molecule has 5 aromatic rings. The SMILES string of the molecule is CC(=O)C(N=Nc1cccc(C(=O)Nc2ccccc2C(C)Cl)c1Cl)C(=O)Nc1cc(Cl)c(NC(=O)C(N=Nc2cccc(C(=O)Nc3ccccc3C(C)Cl)c2Cl)C(C)=O)cc1Cl. The molecule has 5 rings (SSSR count). The smallest absolute Gasteiger partial charge is 0.258 e. The maximum Gasteiger partial charge on any atom is 0.258 e. The number of para-hydroxylation sites is 2. The predicted molar refractivity (Wildman–Crippen MR) is 252 cm³/mol. The molecule has 0 aliphatic heterocycles. The molecule has 4 unspecified atom stereocenters. The fraction of sp³-hybridized carbons (Fsp3) is 0.182. The number of carbonyl (C=O) groups is 6. The summed E-state index contributed by atoms with van der Waals surface area (Å²) in [5, 5.41) is 25.1. The van der Waals surface area contributed by atoms with E-state index in [1.165, 1.54) is 48.5 Å². The van der Waals surface area contributed by atoms with Crippen LogP contribution < -0.4 is 21.3 Å². The normalized spacial score (nSPS) is 13.2. The Morgan fingerprint density at radius 2 is 0.844 bits per heavy atom. The molecule has 0 aliphatic rings. The van der Waals surface area contributed by atoms with Gasteiger partial charge in [-0.3, -0.25) is 28.8 Å². The number of hydrogen-bond acceptors (Lipinski definition) is 10. The van der Waals surface area contributed by atoms with E-state index in [0.29, 0.717) is 22.5 Å². The second kappa shape index (κ2) is 22.2. The summed E-state index contributed by atoms with van der Waals surface area (Å²) in [6.45, 7) is 5.76. The van der Waals surface area contributed by atoms with Crippen LogP contribution in [-0.4, -0.2) is 47.3 Å². The maximum absolute atomic E-state index is 13.3. The molecule has 0 fully saturated rings. The molecule has 4 N–H and O–H groups in total. The summed E-state index contributed by atoms with van der Waals surface area (Å²) in [5.41, 5.74) is 2.29. The van der Waals surface area contributed by atoms with Crippen LogP contribution in [0.5, 0.6) is 0 Å². The summed E-state index contributed by atoms with van der Waals surface area (Å²) in [6, 6.07) is 21.8. The Kier molecular flexibility index (Phi) is 17.1. The van der Waals surface area contributed by atoms with E-state index < -0.39 is 58.0 Å². The quantitative estimate of drug-likeness (QED) is 0.0430. The van der Waals surface area contributed by atoms with Crippen molar-refractivity contribution < 1.29 is 28.8 Å². The van der Waals surface area contributed by atoms with E-state index in [1.807, 2.05) is 0 Å². The van der Waals surface area contributed by atoms with Gasteiger partial charge in [-0.15, -0.1) is 23.2 Å². The molecule has 0 aromatic heterocycles. The van der Waals surface area contributed by atoms with Gasteiger partial charge in [0, 0.05) is 11.4 Å². The molecule has 0 heterocycles. The Balaban J connectivity index is 1.27. The van der Waals surface area contributed by atoms with E-state index in [1.54, 1.807) is 62.4 Å².